The molecule has 4 heteroatoms. The minimum atomic E-state index is -0.739. The molecule has 2 atom stereocenters. The van der Waals surface area contributed by atoms with Gasteiger partial charge in [-0.15, -0.1) is 0 Å². The van der Waals surface area contributed by atoms with E-state index in [9.17, 15) is 4.79 Å². The summed E-state index contributed by atoms with van der Waals surface area (Å²) >= 11 is 0. The largest absolute Gasteiger partial charge is 0.490 e. The highest BCUT2D eigenvalue weighted by Crippen LogP contribution is 2.23. The highest BCUT2D eigenvalue weighted by molar-refractivity contribution is 5.80. The van der Waals surface area contributed by atoms with Crippen molar-refractivity contribution in [2.45, 2.75) is 52.2 Å². The van der Waals surface area contributed by atoms with Crippen molar-refractivity contribution in [1.82, 2.24) is 5.32 Å². The van der Waals surface area contributed by atoms with Gasteiger partial charge in [0.1, 0.15) is 11.3 Å². The molecule has 1 aromatic rings. The summed E-state index contributed by atoms with van der Waals surface area (Å²) in [4.78, 5) is 12.1. The van der Waals surface area contributed by atoms with Gasteiger partial charge >= 0.3 is 5.97 Å². The van der Waals surface area contributed by atoms with E-state index in [4.69, 9.17) is 9.47 Å². The van der Waals surface area contributed by atoms with Gasteiger partial charge in [0.15, 0.2) is 0 Å². The first-order valence-corrected chi connectivity index (χ1v) is 7.57. The molecule has 0 saturated heterocycles. The van der Waals surface area contributed by atoms with Crippen LogP contribution in [0.4, 0.5) is 0 Å². The van der Waals surface area contributed by atoms with Crippen molar-refractivity contribution in [1.29, 1.82) is 0 Å². The Hall–Kier alpha value is -1.55. The van der Waals surface area contributed by atoms with E-state index in [-0.39, 0.29) is 12.1 Å². The van der Waals surface area contributed by atoms with E-state index >= 15 is 0 Å². The molecule has 0 bridgehead atoms. The van der Waals surface area contributed by atoms with Crippen molar-refractivity contribution in [3.8, 4) is 5.75 Å². The molecular weight excluding hydrogens is 266 g/mol. The summed E-state index contributed by atoms with van der Waals surface area (Å²) in [6.45, 7) is 8.11. The molecule has 0 aliphatic heterocycles. The van der Waals surface area contributed by atoms with Gasteiger partial charge in [-0.1, -0.05) is 25.1 Å². The topological polar surface area (TPSA) is 47.6 Å². The van der Waals surface area contributed by atoms with Gasteiger partial charge in [-0.2, -0.15) is 0 Å². The number of ether oxygens (including phenoxy) is 2. The van der Waals surface area contributed by atoms with Crippen molar-refractivity contribution < 1.29 is 14.3 Å². The first-order chi connectivity index (χ1) is 9.96. The van der Waals surface area contributed by atoms with Crippen molar-refractivity contribution in [2.75, 3.05) is 13.7 Å². The van der Waals surface area contributed by atoms with Crippen LogP contribution in [0.2, 0.25) is 0 Å². The van der Waals surface area contributed by atoms with Gasteiger partial charge in [0.2, 0.25) is 0 Å². The quantitative estimate of drug-likeness (QED) is 0.749. The maximum Gasteiger partial charge on any atom is 0.326 e. The standard InChI is InChI=1S/C17H27NO3/c1-6-14-10-8-9-11-15(14)21-13(3)12-17(4,18-5)16(19)20-7-2/h8-11,13,18H,6-7,12H2,1-5H3. The Morgan fingerprint density at radius 1 is 1.33 bits per heavy atom. The molecule has 1 rings (SSSR count). The van der Waals surface area contributed by atoms with Crippen LogP contribution in [0.25, 0.3) is 0 Å². The molecule has 1 aromatic carbocycles. The number of hydrogen-bond acceptors (Lipinski definition) is 4. The van der Waals surface area contributed by atoms with Crippen LogP contribution in [0.3, 0.4) is 0 Å². The van der Waals surface area contributed by atoms with Gasteiger partial charge in [-0.25, -0.2) is 0 Å². The van der Waals surface area contributed by atoms with E-state index in [1.165, 1.54) is 5.56 Å². The molecule has 4 nitrogen and oxygen atoms in total. The summed E-state index contributed by atoms with van der Waals surface area (Å²) in [7, 11) is 1.77. The lowest BCUT2D eigenvalue weighted by Crippen LogP contribution is -2.51. The van der Waals surface area contributed by atoms with Crippen LogP contribution < -0.4 is 10.1 Å². The van der Waals surface area contributed by atoms with Crippen molar-refractivity contribution in [3.63, 3.8) is 0 Å². The monoisotopic (exact) mass is 293 g/mol. The zero-order valence-corrected chi connectivity index (χ0v) is 13.7. The maximum absolute atomic E-state index is 12.1. The first-order valence-electron chi connectivity index (χ1n) is 7.57. The molecule has 0 aromatic heterocycles. The smallest absolute Gasteiger partial charge is 0.326 e. The number of esters is 1. The Morgan fingerprint density at radius 2 is 2.00 bits per heavy atom. The summed E-state index contributed by atoms with van der Waals surface area (Å²) < 4.78 is 11.2. The molecule has 1 N–H and O–H groups in total. The van der Waals surface area contributed by atoms with E-state index in [0.717, 1.165) is 12.2 Å². The lowest BCUT2D eigenvalue weighted by molar-refractivity contribution is -0.151. The van der Waals surface area contributed by atoms with Gasteiger partial charge in [-0.3, -0.25) is 4.79 Å². The van der Waals surface area contributed by atoms with Crippen LogP contribution in [0.5, 0.6) is 5.75 Å². The zero-order valence-electron chi connectivity index (χ0n) is 13.7. The molecule has 0 aliphatic rings. The number of carbonyl (C=O) groups excluding carboxylic acids is 1. The Balaban J connectivity index is 2.75. The maximum atomic E-state index is 12.1. The van der Waals surface area contributed by atoms with E-state index < -0.39 is 5.54 Å². The van der Waals surface area contributed by atoms with Crippen molar-refractivity contribution in [3.05, 3.63) is 29.8 Å². The van der Waals surface area contributed by atoms with Crippen LogP contribution >= 0.6 is 0 Å². The highest BCUT2D eigenvalue weighted by Gasteiger charge is 2.35. The Bertz CT molecular complexity index is 461. The fourth-order valence-corrected chi connectivity index (χ4v) is 2.32. The second-order valence-corrected chi connectivity index (χ2v) is 5.40. The van der Waals surface area contributed by atoms with E-state index in [2.05, 4.69) is 18.3 Å². The minimum Gasteiger partial charge on any atom is -0.490 e. The summed E-state index contributed by atoms with van der Waals surface area (Å²) in [5.74, 6) is 0.640. The molecule has 118 valence electrons. The van der Waals surface area contributed by atoms with E-state index in [1.54, 1.807) is 7.05 Å². The Labute approximate surface area is 127 Å². The molecule has 0 amide bonds. The molecule has 0 saturated carbocycles. The van der Waals surface area contributed by atoms with Crippen LogP contribution in [-0.4, -0.2) is 31.3 Å². The average molecular weight is 293 g/mol. The third kappa shape index (κ3) is 4.74. The molecule has 2 unspecified atom stereocenters. The molecule has 0 spiro atoms. The number of hydrogen-bond donors (Lipinski definition) is 1. The molecule has 0 radical (unpaired) electrons. The van der Waals surface area contributed by atoms with Gasteiger partial charge in [0.05, 0.1) is 12.7 Å². The lowest BCUT2D eigenvalue weighted by atomic mass is 9.95. The summed E-state index contributed by atoms with van der Waals surface area (Å²) in [6, 6.07) is 8.00. The highest BCUT2D eigenvalue weighted by atomic mass is 16.5. The molecule has 0 heterocycles. The summed E-state index contributed by atoms with van der Waals surface area (Å²) in [5, 5.41) is 3.05. The minimum absolute atomic E-state index is 0.0976. The van der Waals surface area contributed by atoms with Gasteiger partial charge < -0.3 is 14.8 Å². The number of rotatable bonds is 8. The number of nitrogens with one attached hydrogen (secondary N) is 1. The van der Waals surface area contributed by atoms with Gasteiger partial charge in [0, 0.05) is 6.42 Å². The SMILES string of the molecule is CCOC(=O)C(C)(CC(C)Oc1ccccc1CC)NC. The fraction of sp³-hybridized carbons (Fsp3) is 0.588. The predicted octanol–water partition coefficient (Wildman–Crippen LogP) is 2.95. The number of likely N-dealkylation sites (N-methyl/N-ethyl adjacent to an activating group) is 1. The van der Waals surface area contributed by atoms with Crippen LogP contribution in [0, 0.1) is 0 Å². The number of aryl methyl sites for hydroxylation is 1. The van der Waals surface area contributed by atoms with Crippen LogP contribution in [0.1, 0.15) is 39.7 Å². The number of benzene rings is 1. The van der Waals surface area contributed by atoms with Crippen molar-refractivity contribution in [2.24, 2.45) is 0 Å². The summed E-state index contributed by atoms with van der Waals surface area (Å²) in [6.07, 6.45) is 1.37. The van der Waals surface area contributed by atoms with Gasteiger partial charge in [-0.05, 0) is 45.9 Å². The number of carbonyl (C=O) groups is 1. The summed E-state index contributed by atoms with van der Waals surface area (Å²) in [5.41, 5.74) is 0.433. The second kappa shape index (κ2) is 8.03. The molecular formula is C17H27NO3. The first kappa shape index (κ1) is 17.5. The Morgan fingerprint density at radius 3 is 2.57 bits per heavy atom. The lowest BCUT2D eigenvalue weighted by Gasteiger charge is -2.30. The number of para-hydroxylation sites is 1. The predicted molar refractivity (Wildman–Crippen MR) is 84.6 cm³/mol. The van der Waals surface area contributed by atoms with Crippen molar-refractivity contribution >= 4 is 5.97 Å². The third-order valence-corrected chi connectivity index (χ3v) is 3.66. The van der Waals surface area contributed by atoms with Crippen LogP contribution in [0.15, 0.2) is 24.3 Å². The second-order valence-electron chi connectivity index (χ2n) is 5.40. The van der Waals surface area contributed by atoms with Gasteiger partial charge in [0.25, 0.3) is 0 Å². The zero-order chi connectivity index (χ0) is 15.9. The molecule has 0 fully saturated rings. The third-order valence-electron chi connectivity index (χ3n) is 3.66. The van der Waals surface area contributed by atoms with E-state index in [0.29, 0.717) is 13.0 Å². The molecule has 21 heavy (non-hydrogen) atoms. The fourth-order valence-electron chi connectivity index (χ4n) is 2.32. The molecule has 0 aliphatic carbocycles. The normalized spacial score (nSPS) is 15.1. The van der Waals surface area contributed by atoms with Crippen LogP contribution in [-0.2, 0) is 16.0 Å². The Kier molecular flexibility index (Phi) is 6.69. The van der Waals surface area contributed by atoms with E-state index in [1.807, 2.05) is 39.0 Å². The average Bonchev–Trinajstić information content (AvgIpc) is 2.47.